The Morgan fingerprint density at radius 3 is 2.84 bits per heavy atom. The Balaban J connectivity index is 2.02. The van der Waals surface area contributed by atoms with E-state index in [2.05, 4.69) is 29.5 Å². The van der Waals surface area contributed by atoms with Crippen molar-refractivity contribution in [2.75, 3.05) is 0 Å². The summed E-state index contributed by atoms with van der Waals surface area (Å²) in [4.78, 5) is 12.7. The van der Waals surface area contributed by atoms with Crippen molar-refractivity contribution in [3.05, 3.63) is 33.7 Å². The van der Waals surface area contributed by atoms with Crippen LogP contribution in [-0.2, 0) is 6.54 Å². The van der Waals surface area contributed by atoms with Crippen molar-refractivity contribution in [2.45, 2.75) is 26.4 Å². The van der Waals surface area contributed by atoms with E-state index in [9.17, 15) is 4.79 Å². The van der Waals surface area contributed by atoms with Crippen molar-refractivity contribution >= 4 is 28.8 Å². The molecule has 0 aliphatic rings. The summed E-state index contributed by atoms with van der Waals surface area (Å²) in [6.07, 6.45) is 3.40. The van der Waals surface area contributed by atoms with Gasteiger partial charge in [-0.25, -0.2) is 0 Å². The van der Waals surface area contributed by atoms with Crippen molar-refractivity contribution in [3.8, 4) is 0 Å². The van der Waals surface area contributed by atoms with Crippen LogP contribution in [0.15, 0.2) is 24.5 Å². The fourth-order valence-corrected chi connectivity index (χ4v) is 2.58. The molecule has 0 radical (unpaired) electrons. The van der Waals surface area contributed by atoms with E-state index in [4.69, 9.17) is 11.6 Å². The number of aromatic nitrogens is 3. The number of nitrogens with zero attached hydrogens (tertiary/aromatic N) is 3. The first-order valence-electron chi connectivity index (χ1n) is 5.96. The van der Waals surface area contributed by atoms with Crippen LogP contribution in [0.2, 0.25) is 4.34 Å². The number of amides is 1. The number of carbonyl (C=O) groups is 1. The van der Waals surface area contributed by atoms with Crippen LogP contribution in [0.25, 0.3) is 0 Å². The second kappa shape index (κ2) is 6.16. The highest BCUT2D eigenvalue weighted by Gasteiger charge is 2.19. The highest BCUT2D eigenvalue weighted by atomic mass is 35.5. The van der Waals surface area contributed by atoms with Gasteiger partial charge in [-0.3, -0.25) is 9.48 Å². The molecule has 0 unspecified atom stereocenters. The van der Waals surface area contributed by atoms with E-state index >= 15 is 0 Å². The van der Waals surface area contributed by atoms with Gasteiger partial charge in [0.05, 0.1) is 28.0 Å². The maximum Gasteiger partial charge on any atom is 0.261 e. The van der Waals surface area contributed by atoms with Gasteiger partial charge in [-0.05, 0) is 18.1 Å². The van der Waals surface area contributed by atoms with Gasteiger partial charge >= 0.3 is 0 Å². The predicted molar refractivity (Wildman–Crippen MR) is 75.4 cm³/mol. The first-order chi connectivity index (χ1) is 9.06. The summed E-state index contributed by atoms with van der Waals surface area (Å²) in [5.74, 6) is 0.194. The monoisotopic (exact) mass is 298 g/mol. The highest BCUT2D eigenvalue weighted by molar-refractivity contribution is 7.17. The molecule has 2 heterocycles. The maximum absolute atomic E-state index is 12.1. The molecular weight excluding hydrogens is 284 g/mol. The molecule has 0 fully saturated rings. The molecule has 2 rings (SSSR count). The van der Waals surface area contributed by atoms with Crippen LogP contribution in [0.4, 0.5) is 0 Å². The van der Waals surface area contributed by atoms with Crippen molar-refractivity contribution in [1.82, 2.24) is 20.3 Å². The van der Waals surface area contributed by atoms with Crippen molar-refractivity contribution in [3.63, 3.8) is 0 Å². The third-order valence-corrected chi connectivity index (χ3v) is 4.00. The standard InChI is InChI=1S/C12H15ClN4OS/c1-8(2)9(7-17-6-5-14-16-17)15-12(18)10-3-4-11(13)19-10/h3-6,8-9H,7H2,1-2H3,(H,15,18)/t9-/m0/s1. The number of nitrogens with one attached hydrogen (secondary N) is 1. The largest absolute Gasteiger partial charge is 0.346 e. The Labute approximate surface area is 120 Å². The summed E-state index contributed by atoms with van der Waals surface area (Å²) < 4.78 is 2.33. The summed E-state index contributed by atoms with van der Waals surface area (Å²) in [5, 5.41) is 10.7. The normalized spacial score (nSPS) is 12.6. The quantitative estimate of drug-likeness (QED) is 0.922. The van der Waals surface area contributed by atoms with Crippen LogP contribution in [0, 0.1) is 5.92 Å². The number of halogens is 1. The Hall–Kier alpha value is -1.40. The van der Waals surface area contributed by atoms with Gasteiger partial charge in [0, 0.05) is 6.20 Å². The number of thiophene rings is 1. The molecule has 0 saturated heterocycles. The lowest BCUT2D eigenvalue weighted by Crippen LogP contribution is -2.41. The molecule has 0 aromatic carbocycles. The fraction of sp³-hybridized carbons (Fsp3) is 0.417. The van der Waals surface area contributed by atoms with E-state index in [0.29, 0.717) is 21.7 Å². The third kappa shape index (κ3) is 3.78. The smallest absolute Gasteiger partial charge is 0.261 e. The van der Waals surface area contributed by atoms with E-state index in [1.165, 1.54) is 11.3 Å². The minimum absolute atomic E-state index is 0.00456. The van der Waals surface area contributed by atoms with Gasteiger partial charge in [0.25, 0.3) is 5.91 Å². The van der Waals surface area contributed by atoms with Gasteiger partial charge in [0.1, 0.15) is 0 Å². The minimum Gasteiger partial charge on any atom is -0.346 e. The lowest BCUT2D eigenvalue weighted by atomic mass is 10.0. The summed E-state index contributed by atoms with van der Waals surface area (Å²) in [5.41, 5.74) is 0. The molecule has 1 amide bonds. The molecule has 7 heteroatoms. The Morgan fingerprint density at radius 1 is 1.53 bits per heavy atom. The van der Waals surface area contributed by atoms with Gasteiger partial charge in [0.2, 0.25) is 0 Å². The van der Waals surface area contributed by atoms with Crippen LogP contribution in [0.5, 0.6) is 0 Å². The topological polar surface area (TPSA) is 59.8 Å². The maximum atomic E-state index is 12.1. The molecule has 19 heavy (non-hydrogen) atoms. The van der Waals surface area contributed by atoms with Crippen LogP contribution in [-0.4, -0.2) is 26.9 Å². The van der Waals surface area contributed by atoms with E-state index < -0.39 is 0 Å². The van der Waals surface area contributed by atoms with Gasteiger partial charge < -0.3 is 5.32 Å². The lowest BCUT2D eigenvalue weighted by Gasteiger charge is -2.21. The van der Waals surface area contributed by atoms with Crippen molar-refractivity contribution in [1.29, 1.82) is 0 Å². The second-order valence-corrected chi connectivity index (χ2v) is 6.27. The molecule has 0 spiro atoms. The van der Waals surface area contributed by atoms with Gasteiger partial charge in [0.15, 0.2) is 0 Å². The molecular formula is C12H15ClN4OS. The van der Waals surface area contributed by atoms with Crippen LogP contribution >= 0.6 is 22.9 Å². The SMILES string of the molecule is CC(C)[C@H](Cn1ccnn1)NC(=O)c1ccc(Cl)s1. The summed E-state index contributed by atoms with van der Waals surface area (Å²) in [6, 6.07) is 3.45. The van der Waals surface area contributed by atoms with E-state index in [1.54, 1.807) is 29.2 Å². The molecule has 102 valence electrons. The van der Waals surface area contributed by atoms with Gasteiger partial charge in [-0.2, -0.15) is 0 Å². The van der Waals surface area contributed by atoms with Gasteiger partial charge in [-0.1, -0.05) is 30.7 Å². The summed E-state index contributed by atoms with van der Waals surface area (Å²) in [6.45, 7) is 4.72. The third-order valence-electron chi connectivity index (χ3n) is 2.77. The molecule has 0 saturated carbocycles. The average molecular weight is 299 g/mol. The number of carbonyl (C=O) groups excluding carboxylic acids is 1. The fourth-order valence-electron chi connectivity index (χ4n) is 1.63. The minimum atomic E-state index is -0.101. The molecule has 0 bridgehead atoms. The summed E-state index contributed by atoms with van der Waals surface area (Å²) >= 11 is 7.11. The zero-order valence-corrected chi connectivity index (χ0v) is 12.3. The predicted octanol–water partition coefficient (Wildman–Crippen LogP) is 2.45. The Kier molecular flexibility index (Phi) is 4.55. The van der Waals surface area contributed by atoms with E-state index in [1.807, 2.05) is 0 Å². The van der Waals surface area contributed by atoms with Crippen molar-refractivity contribution < 1.29 is 4.79 Å². The van der Waals surface area contributed by atoms with Crippen LogP contribution in [0.3, 0.4) is 0 Å². The number of rotatable bonds is 5. The molecule has 5 nitrogen and oxygen atoms in total. The Bertz CT molecular complexity index is 538. The lowest BCUT2D eigenvalue weighted by molar-refractivity contribution is 0.0923. The second-order valence-electron chi connectivity index (χ2n) is 4.55. The number of hydrogen-bond donors (Lipinski definition) is 1. The van der Waals surface area contributed by atoms with E-state index in [-0.39, 0.29) is 11.9 Å². The molecule has 2 aromatic rings. The van der Waals surface area contributed by atoms with Crippen LogP contribution < -0.4 is 5.32 Å². The Morgan fingerprint density at radius 2 is 2.32 bits per heavy atom. The van der Waals surface area contributed by atoms with Crippen LogP contribution in [0.1, 0.15) is 23.5 Å². The summed E-state index contributed by atoms with van der Waals surface area (Å²) in [7, 11) is 0. The molecule has 0 aliphatic heterocycles. The number of hydrogen-bond acceptors (Lipinski definition) is 4. The zero-order chi connectivity index (χ0) is 13.8. The zero-order valence-electron chi connectivity index (χ0n) is 10.7. The average Bonchev–Trinajstić information content (AvgIpc) is 2.99. The first kappa shape index (κ1) is 14.0. The molecule has 1 atom stereocenters. The molecule has 2 aromatic heterocycles. The van der Waals surface area contributed by atoms with Crippen molar-refractivity contribution in [2.24, 2.45) is 5.92 Å². The molecule has 1 N–H and O–H groups in total. The highest BCUT2D eigenvalue weighted by Crippen LogP contribution is 2.21. The first-order valence-corrected chi connectivity index (χ1v) is 7.16. The molecule has 0 aliphatic carbocycles. The van der Waals surface area contributed by atoms with E-state index in [0.717, 1.165) is 0 Å². The van der Waals surface area contributed by atoms with Gasteiger partial charge in [-0.15, -0.1) is 16.4 Å².